The van der Waals surface area contributed by atoms with Crippen molar-refractivity contribution in [2.45, 2.75) is 6.61 Å². The van der Waals surface area contributed by atoms with Gasteiger partial charge in [-0.05, 0) is 22.0 Å². The average Bonchev–Trinajstić information content (AvgIpc) is 2.48. The van der Waals surface area contributed by atoms with Gasteiger partial charge in [0.2, 0.25) is 0 Å². The van der Waals surface area contributed by atoms with Crippen LogP contribution < -0.4 is 4.74 Å². The summed E-state index contributed by atoms with van der Waals surface area (Å²) >= 11 is 3.16. The molecule has 1 aromatic carbocycles. The Hall–Kier alpha value is -1.17. The molecule has 1 heterocycles. The summed E-state index contributed by atoms with van der Waals surface area (Å²) in [7, 11) is 1.74. The minimum atomic E-state index is -2.83. The second kappa shape index (κ2) is 3.77. The molecule has 0 saturated heterocycles. The first-order valence-electron chi connectivity index (χ1n) is 4.14. The van der Waals surface area contributed by atoms with Crippen LogP contribution in [0.2, 0.25) is 0 Å². The maximum atomic E-state index is 12.1. The molecular weight excluding hydrogens is 270 g/mol. The van der Waals surface area contributed by atoms with E-state index in [-0.39, 0.29) is 5.75 Å². The van der Waals surface area contributed by atoms with Crippen molar-refractivity contribution in [2.75, 3.05) is 0 Å². The molecular formula is C9H7BrF2N2O. The number of alkyl halides is 2. The van der Waals surface area contributed by atoms with Crippen molar-refractivity contribution in [1.29, 1.82) is 0 Å². The fourth-order valence-electron chi connectivity index (χ4n) is 1.34. The lowest BCUT2D eigenvalue weighted by Gasteiger charge is -2.07. The first-order valence-corrected chi connectivity index (χ1v) is 4.93. The molecule has 2 aromatic rings. The van der Waals surface area contributed by atoms with Crippen molar-refractivity contribution >= 4 is 26.8 Å². The molecule has 0 amide bonds. The Balaban J connectivity index is 2.54. The summed E-state index contributed by atoms with van der Waals surface area (Å²) in [6, 6.07) is 3.22. The largest absolute Gasteiger partial charge is 0.434 e. The Morgan fingerprint density at radius 3 is 2.87 bits per heavy atom. The highest BCUT2D eigenvalue weighted by Crippen LogP contribution is 2.31. The van der Waals surface area contributed by atoms with Gasteiger partial charge in [0.25, 0.3) is 0 Å². The predicted octanol–water partition coefficient (Wildman–Crippen LogP) is 2.94. The molecule has 0 bridgehead atoms. The van der Waals surface area contributed by atoms with Gasteiger partial charge in [0.15, 0.2) is 0 Å². The summed E-state index contributed by atoms with van der Waals surface area (Å²) in [5, 5.41) is 4.88. The summed E-state index contributed by atoms with van der Waals surface area (Å²) in [6.45, 7) is -2.83. The van der Waals surface area contributed by atoms with E-state index in [9.17, 15) is 8.78 Å². The molecule has 0 unspecified atom stereocenters. The van der Waals surface area contributed by atoms with E-state index >= 15 is 0 Å². The van der Waals surface area contributed by atoms with Crippen LogP contribution in [0.5, 0.6) is 5.75 Å². The van der Waals surface area contributed by atoms with Gasteiger partial charge in [0, 0.05) is 18.5 Å². The van der Waals surface area contributed by atoms with Gasteiger partial charge in [0.1, 0.15) is 5.75 Å². The van der Waals surface area contributed by atoms with Crippen molar-refractivity contribution in [3.8, 4) is 5.75 Å². The minimum Gasteiger partial charge on any atom is -0.434 e. The van der Waals surface area contributed by atoms with Crippen molar-refractivity contribution in [3.63, 3.8) is 0 Å². The van der Waals surface area contributed by atoms with Gasteiger partial charge in [-0.25, -0.2) is 0 Å². The Morgan fingerprint density at radius 2 is 2.20 bits per heavy atom. The SMILES string of the molecule is Cn1ncc2cc(Br)c(OC(F)F)cc21. The summed E-state index contributed by atoms with van der Waals surface area (Å²) in [5.41, 5.74) is 0.744. The molecule has 0 N–H and O–H groups in total. The van der Waals surface area contributed by atoms with Crippen LogP contribution in [0.4, 0.5) is 8.78 Å². The second-order valence-electron chi connectivity index (χ2n) is 2.99. The lowest BCUT2D eigenvalue weighted by molar-refractivity contribution is -0.0502. The topological polar surface area (TPSA) is 27.1 Å². The predicted molar refractivity (Wildman–Crippen MR) is 55.0 cm³/mol. The highest BCUT2D eigenvalue weighted by Gasteiger charge is 2.11. The van der Waals surface area contributed by atoms with Crippen molar-refractivity contribution < 1.29 is 13.5 Å². The van der Waals surface area contributed by atoms with Crippen LogP contribution in [0, 0.1) is 0 Å². The summed E-state index contributed by atoms with van der Waals surface area (Å²) in [5.74, 6) is 0.112. The fraction of sp³-hybridized carbons (Fsp3) is 0.222. The first kappa shape index (κ1) is 10.4. The molecule has 0 aliphatic rings. The Labute approximate surface area is 92.8 Å². The lowest BCUT2D eigenvalue weighted by Crippen LogP contribution is -2.02. The fourth-order valence-corrected chi connectivity index (χ4v) is 1.79. The van der Waals surface area contributed by atoms with Crippen LogP contribution in [0.3, 0.4) is 0 Å². The average molecular weight is 277 g/mol. The van der Waals surface area contributed by atoms with Gasteiger partial charge in [-0.2, -0.15) is 13.9 Å². The number of hydrogen-bond donors (Lipinski definition) is 0. The Morgan fingerprint density at radius 1 is 1.47 bits per heavy atom. The van der Waals surface area contributed by atoms with E-state index in [4.69, 9.17) is 0 Å². The highest BCUT2D eigenvalue weighted by molar-refractivity contribution is 9.10. The first-order chi connectivity index (χ1) is 7.08. The van der Waals surface area contributed by atoms with E-state index in [0.29, 0.717) is 4.47 Å². The van der Waals surface area contributed by atoms with Gasteiger partial charge in [0.05, 0.1) is 16.2 Å². The third-order valence-electron chi connectivity index (χ3n) is 2.02. The molecule has 0 aliphatic heterocycles. The van der Waals surface area contributed by atoms with Crippen LogP contribution in [0.15, 0.2) is 22.8 Å². The van der Waals surface area contributed by atoms with Gasteiger partial charge in [-0.15, -0.1) is 0 Å². The number of benzene rings is 1. The van der Waals surface area contributed by atoms with Crippen LogP contribution >= 0.6 is 15.9 Å². The van der Waals surface area contributed by atoms with Gasteiger partial charge >= 0.3 is 6.61 Å². The molecule has 15 heavy (non-hydrogen) atoms. The number of aryl methyl sites for hydroxylation is 1. The molecule has 0 spiro atoms. The van der Waals surface area contributed by atoms with Gasteiger partial charge < -0.3 is 4.74 Å². The third-order valence-corrected chi connectivity index (χ3v) is 2.64. The lowest BCUT2D eigenvalue weighted by atomic mass is 10.2. The Kier molecular flexibility index (Phi) is 2.60. The summed E-state index contributed by atoms with van der Waals surface area (Å²) in [6.07, 6.45) is 1.66. The molecule has 80 valence electrons. The number of nitrogens with zero attached hydrogens (tertiary/aromatic N) is 2. The van der Waals surface area contributed by atoms with E-state index in [0.717, 1.165) is 10.9 Å². The highest BCUT2D eigenvalue weighted by atomic mass is 79.9. The van der Waals surface area contributed by atoms with Gasteiger partial charge in [-0.3, -0.25) is 4.68 Å². The number of hydrogen-bond acceptors (Lipinski definition) is 2. The molecule has 2 rings (SSSR count). The second-order valence-corrected chi connectivity index (χ2v) is 3.84. The standard InChI is InChI=1S/C9H7BrF2N2O/c1-14-7-3-8(15-9(11)12)6(10)2-5(7)4-13-14/h2-4,9H,1H3. The van der Waals surface area contributed by atoms with E-state index < -0.39 is 6.61 Å². The number of aromatic nitrogens is 2. The monoisotopic (exact) mass is 276 g/mol. The number of halogens is 3. The van der Waals surface area contributed by atoms with Crippen molar-refractivity contribution in [1.82, 2.24) is 9.78 Å². The molecule has 0 fully saturated rings. The van der Waals surface area contributed by atoms with Crippen LogP contribution in [-0.4, -0.2) is 16.4 Å². The molecule has 0 aliphatic carbocycles. The zero-order chi connectivity index (χ0) is 11.0. The quantitative estimate of drug-likeness (QED) is 0.843. The van der Waals surface area contributed by atoms with E-state index in [2.05, 4.69) is 25.8 Å². The van der Waals surface area contributed by atoms with E-state index in [1.54, 1.807) is 24.0 Å². The van der Waals surface area contributed by atoms with E-state index in [1.165, 1.54) is 6.07 Å². The van der Waals surface area contributed by atoms with Gasteiger partial charge in [-0.1, -0.05) is 0 Å². The molecule has 0 atom stereocenters. The maximum Gasteiger partial charge on any atom is 0.387 e. The zero-order valence-corrected chi connectivity index (χ0v) is 9.33. The zero-order valence-electron chi connectivity index (χ0n) is 7.75. The Bertz CT molecular complexity index is 498. The van der Waals surface area contributed by atoms with Crippen LogP contribution in [0.1, 0.15) is 0 Å². The molecule has 6 heteroatoms. The molecule has 0 saturated carbocycles. The van der Waals surface area contributed by atoms with Crippen molar-refractivity contribution in [3.05, 3.63) is 22.8 Å². The smallest absolute Gasteiger partial charge is 0.387 e. The summed E-state index contributed by atoms with van der Waals surface area (Å²) in [4.78, 5) is 0. The van der Waals surface area contributed by atoms with Crippen LogP contribution in [0.25, 0.3) is 10.9 Å². The molecule has 0 radical (unpaired) electrons. The summed E-state index contributed by atoms with van der Waals surface area (Å²) < 4.78 is 30.6. The van der Waals surface area contributed by atoms with Crippen molar-refractivity contribution in [2.24, 2.45) is 7.05 Å². The normalized spacial score (nSPS) is 11.3. The molecule has 1 aromatic heterocycles. The number of fused-ring (bicyclic) bond motifs is 1. The third kappa shape index (κ3) is 1.94. The maximum absolute atomic E-state index is 12.1. The minimum absolute atomic E-state index is 0.112. The number of ether oxygens (including phenoxy) is 1. The number of rotatable bonds is 2. The molecule has 3 nitrogen and oxygen atoms in total. The van der Waals surface area contributed by atoms with Crippen LogP contribution in [-0.2, 0) is 7.05 Å². The van der Waals surface area contributed by atoms with E-state index in [1.807, 2.05) is 0 Å².